The maximum Gasteiger partial charge on any atom is 0.263 e. The summed E-state index contributed by atoms with van der Waals surface area (Å²) >= 11 is 0. The van der Waals surface area contributed by atoms with Crippen molar-refractivity contribution in [2.24, 2.45) is 0 Å². The number of rotatable bonds is 7. The van der Waals surface area contributed by atoms with Gasteiger partial charge < -0.3 is 14.5 Å². The normalized spacial score (nSPS) is 10.5. The molecule has 0 saturated heterocycles. The van der Waals surface area contributed by atoms with Crippen molar-refractivity contribution >= 4 is 11.7 Å². The van der Waals surface area contributed by atoms with Gasteiger partial charge >= 0.3 is 0 Å². The average molecular weight is 325 g/mol. The van der Waals surface area contributed by atoms with E-state index < -0.39 is 0 Å². The van der Waals surface area contributed by atoms with Gasteiger partial charge in [-0.2, -0.15) is 5.10 Å². The maximum atomic E-state index is 12.1. The Labute approximate surface area is 140 Å². The number of carbonyl (C=O) groups is 1. The van der Waals surface area contributed by atoms with Gasteiger partial charge in [0.05, 0.1) is 12.5 Å². The summed E-state index contributed by atoms with van der Waals surface area (Å²) in [6, 6.07) is 13.1. The Balaban J connectivity index is 1.54. The lowest BCUT2D eigenvalue weighted by atomic mass is 10.2. The summed E-state index contributed by atoms with van der Waals surface area (Å²) in [5, 5.41) is 6.97. The van der Waals surface area contributed by atoms with Crippen LogP contribution in [-0.4, -0.2) is 22.3 Å². The van der Waals surface area contributed by atoms with Gasteiger partial charge in [-0.15, -0.1) is 0 Å². The standard InChI is InChI=1S/C18H19N3O3/c1-2-14-5-7-15(8-6-14)24-13-18(22)20-17-9-10-19-21(17)12-16-4-3-11-23-16/h3-11H,2,12-13H2,1H3,(H,20,22). The summed E-state index contributed by atoms with van der Waals surface area (Å²) in [5.41, 5.74) is 1.23. The van der Waals surface area contributed by atoms with Crippen molar-refractivity contribution in [1.82, 2.24) is 9.78 Å². The third-order valence-electron chi connectivity index (χ3n) is 3.57. The molecule has 0 radical (unpaired) electrons. The summed E-state index contributed by atoms with van der Waals surface area (Å²) in [4.78, 5) is 12.1. The van der Waals surface area contributed by atoms with Crippen molar-refractivity contribution in [1.29, 1.82) is 0 Å². The van der Waals surface area contributed by atoms with Crippen LogP contribution in [0.25, 0.3) is 0 Å². The molecule has 0 atom stereocenters. The summed E-state index contributed by atoms with van der Waals surface area (Å²) in [6.07, 6.45) is 4.21. The van der Waals surface area contributed by atoms with Crippen LogP contribution >= 0.6 is 0 Å². The van der Waals surface area contributed by atoms with Crippen LogP contribution in [0.4, 0.5) is 5.82 Å². The first-order chi connectivity index (χ1) is 11.7. The number of nitrogens with one attached hydrogen (secondary N) is 1. The van der Waals surface area contributed by atoms with Crippen molar-refractivity contribution in [2.75, 3.05) is 11.9 Å². The summed E-state index contributed by atoms with van der Waals surface area (Å²) < 4.78 is 12.5. The van der Waals surface area contributed by atoms with Crippen molar-refractivity contribution in [3.63, 3.8) is 0 Å². The van der Waals surface area contributed by atoms with Gasteiger partial charge in [0.1, 0.15) is 23.9 Å². The van der Waals surface area contributed by atoms with Gasteiger partial charge in [-0.05, 0) is 36.2 Å². The quantitative estimate of drug-likeness (QED) is 0.725. The van der Waals surface area contributed by atoms with E-state index in [1.54, 1.807) is 23.2 Å². The molecule has 0 aliphatic carbocycles. The third kappa shape index (κ3) is 4.04. The fourth-order valence-corrected chi connectivity index (χ4v) is 2.26. The van der Waals surface area contributed by atoms with Crippen LogP contribution in [0, 0.1) is 0 Å². The number of anilines is 1. The Kier molecular flexibility index (Phi) is 4.96. The minimum Gasteiger partial charge on any atom is -0.484 e. The zero-order chi connectivity index (χ0) is 16.8. The van der Waals surface area contributed by atoms with Crippen LogP contribution in [0.1, 0.15) is 18.2 Å². The highest BCUT2D eigenvalue weighted by molar-refractivity contribution is 5.91. The molecule has 124 valence electrons. The van der Waals surface area contributed by atoms with E-state index in [4.69, 9.17) is 9.15 Å². The smallest absolute Gasteiger partial charge is 0.263 e. The van der Waals surface area contributed by atoms with Crippen molar-refractivity contribution in [2.45, 2.75) is 19.9 Å². The van der Waals surface area contributed by atoms with E-state index >= 15 is 0 Å². The molecule has 6 nitrogen and oxygen atoms in total. The molecule has 0 spiro atoms. The number of aromatic nitrogens is 2. The minimum absolute atomic E-state index is 0.0581. The van der Waals surface area contributed by atoms with E-state index in [2.05, 4.69) is 17.3 Å². The predicted molar refractivity (Wildman–Crippen MR) is 90.0 cm³/mol. The Morgan fingerprint density at radius 1 is 1.25 bits per heavy atom. The molecule has 1 N–H and O–H groups in total. The zero-order valence-electron chi connectivity index (χ0n) is 13.4. The van der Waals surface area contributed by atoms with Gasteiger partial charge in [-0.3, -0.25) is 4.79 Å². The monoisotopic (exact) mass is 325 g/mol. The van der Waals surface area contributed by atoms with Crippen LogP contribution in [-0.2, 0) is 17.8 Å². The molecule has 2 aromatic heterocycles. The highest BCUT2D eigenvalue weighted by Gasteiger charge is 2.09. The van der Waals surface area contributed by atoms with Crippen molar-refractivity contribution < 1.29 is 13.9 Å². The van der Waals surface area contributed by atoms with Gasteiger partial charge in [0.25, 0.3) is 5.91 Å². The van der Waals surface area contributed by atoms with Crippen LogP contribution in [0.5, 0.6) is 5.75 Å². The fourth-order valence-electron chi connectivity index (χ4n) is 2.26. The molecule has 0 bridgehead atoms. The van der Waals surface area contributed by atoms with Gasteiger partial charge in [0, 0.05) is 6.07 Å². The molecule has 3 aromatic rings. The van der Waals surface area contributed by atoms with Crippen LogP contribution < -0.4 is 10.1 Å². The molecule has 1 amide bonds. The Morgan fingerprint density at radius 2 is 2.08 bits per heavy atom. The number of nitrogens with zero attached hydrogens (tertiary/aromatic N) is 2. The van der Waals surface area contributed by atoms with E-state index in [0.29, 0.717) is 18.1 Å². The zero-order valence-corrected chi connectivity index (χ0v) is 13.4. The fraction of sp³-hybridized carbons (Fsp3) is 0.222. The number of hydrogen-bond acceptors (Lipinski definition) is 4. The number of ether oxygens (including phenoxy) is 1. The number of benzene rings is 1. The molecular formula is C18H19N3O3. The molecule has 0 unspecified atom stereocenters. The van der Waals surface area contributed by atoms with Gasteiger partial charge in [0.15, 0.2) is 6.61 Å². The molecule has 0 aliphatic rings. The highest BCUT2D eigenvalue weighted by atomic mass is 16.5. The Bertz CT molecular complexity index is 776. The molecule has 6 heteroatoms. The first-order valence-corrected chi connectivity index (χ1v) is 7.80. The topological polar surface area (TPSA) is 69.3 Å². The minimum atomic E-state index is -0.240. The van der Waals surface area contributed by atoms with E-state index in [-0.39, 0.29) is 12.5 Å². The number of furan rings is 1. The van der Waals surface area contributed by atoms with Crippen LogP contribution in [0.15, 0.2) is 59.3 Å². The summed E-state index contributed by atoms with van der Waals surface area (Å²) in [6.45, 7) is 2.49. The molecule has 1 aromatic carbocycles. The molecule has 0 aliphatic heterocycles. The SMILES string of the molecule is CCc1ccc(OCC(=O)Nc2ccnn2Cc2ccco2)cc1. The lowest BCUT2D eigenvalue weighted by Crippen LogP contribution is -2.22. The lowest BCUT2D eigenvalue weighted by molar-refractivity contribution is -0.118. The first kappa shape index (κ1) is 15.9. The van der Waals surface area contributed by atoms with E-state index in [9.17, 15) is 4.79 Å². The third-order valence-corrected chi connectivity index (χ3v) is 3.57. The number of amides is 1. The molecule has 3 rings (SSSR count). The van der Waals surface area contributed by atoms with E-state index in [0.717, 1.165) is 12.2 Å². The lowest BCUT2D eigenvalue weighted by Gasteiger charge is -2.09. The summed E-state index contributed by atoms with van der Waals surface area (Å²) in [7, 11) is 0. The molecular weight excluding hydrogens is 306 g/mol. The maximum absolute atomic E-state index is 12.1. The van der Waals surface area contributed by atoms with Gasteiger partial charge in [-0.25, -0.2) is 4.68 Å². The Hall–Kier alpha value is -3.02. The largest absolute Gasteiger partial charge is 0.484 e. The number of carbonyl (C=O) groups excluding carboxylic acids is 1. The van der Waals surface area contributed by atoms with Crippen LogP contribution in [0.3, 0.4) is 0 Å². The van der Waals surface area contributed by atoms with E-state index in [1.165, 1.54) is 5.56 Å². The average Bonchev–Trinajstić information content (AvgIpc) is 3.26. The number of aryl methyl sites for hydroxylation is 1. The number of hydrogen-bond donors (Lipinski definition) is 1. The highest BCUT2D eigenvalue weighted by Crippen LogP contribution is 2.13. The molecule has 0 fully saturated rings. The predicted octanol–water partition coefficient (Wildman–Crippen LogP) is 3.10. The first-order valence-electron chi connectivity index (χ1n) is 7.80. The second-order valence-corrected chi connectivity index (χ2v) is 5.29. The van der Waals surface area contributed by atoms with E-state index in [1.807, 2.05) is 36.4 Å². The Morgan fingerprint density at radius 3 is 2.79 bits per heavy atom. The molecule has 24 heavy (non-hydrogen) atoms. The van der Waals surface area contributed by atoms with Crippen molar-refractivity contribution in [3.05, 3.63) is 66.2 Å². The summed E-state index contributed by atoms with van der Waals surface area (Å²) in [5.74, 6) is 1.80. The molecule has 0 saturated carbocycles. The van der Waals surface area contributed by atoms with Crippen LogP contribution in [0.2, 0.25) is 0 Å². The second-order valence-electron chi connectivity index (χ2n) is 5.29. The van der Waals surface area contributed by atoms with Crippen molar-refractivity contribution in [3.8, 4) is 5.75 Å². The van der Waals surface area contributed by atoms with Gasteiger partial charge in [0.2, 0.25) is 0 Å². The van der Waals surface area contributed by atoms with Gasteiger partial charge in [-0.1, -0.05) is 19.1 Å². The second kappa shape index (κ2) is 7.50. The molecule has 2 heterocycles.